The van der Waals surface area contributed by atoms with E-state index in [1.54, 1.807) is 0 Å². The van der Waals surface area contributed by atoms with Crippen LogP contribution in [0.25, 0.3) is 0 Å². The summed E-state index contributed by atoms with van der Waals surface area (Å²) in [7, 11) is 1.38. The van der Waals surface area contributed by atoms with Crippen molar-refractivity contribution in [3.63, 3.8) is 0 Å². The SMILES string of the molecule is CCCC1=C=P1. The van der Waals surface area contributed by atoms with Gasteiger partial charge in [0.2, 0.25) is 0 Å². The third kappa shape index (κ3) is 0.971. The van der Waals surface area contributed by atoms with Gasteiger partial charge in [0.25, 0.3) is 0 Å². The molecule has 1 heteroatoms. The summed E-state index contributed by atoms with van der Waals surface area (Å²) >= 11 is 0. The zero-order valence-corrected chi connectivity index (χ0v) is 4.76. The summed E-state index contributed by atoms with van der Waals surface area (Å²) in [4.78, 5) is 0. The fraction of sp³-hybridized carbons (Fsp3) is 0.600. The number of hydrogen-bond donors (Lipinski definition) is 0. The zero-order chi connectivity index (χ0) is 4.41. The van der Waals surface area contributed by atoms with Crippen LogP contribution >= 0.6 is 8.20 Å². The van der Waals surface area contributed by atoms with Crippen LogP contribution in [0.4, 0.5) is 0 Å². The van der Waals surface area contributed by atoms with Crippen LogP contribution in [0.15, 0.2) is 5.31 Å². The minimum atomic E-state index is 1.28. The van der Waals surface area contributed by atoms with Crippen molar-refractivity contribution >= 4 is 13.7 Å². The molecule has 0 N–H and O–H groups in total. The van der Waals surface area contributed by atoms with E-state index in [9.17, 15) is 0 Å². The average molecular weight is 98.1 g/mol. The maximum Gasteiger partial charge on any atom is 0.0339 e. The van der Waals surface area contributed by atoms with Gasteiger partial charge in [-0.2, -0.15) is 0 Å². The third-order valence-electron chi connectivity index (χ3n) is 0.757. The summed E-state index contributed by atoms with van der Waals surface area (Å²) in [6.45, 7) is 2.20. The largest absolute Gasteiger partial charge is 0.0792 e. The first-order valence-corrected chi connectivity index (χ1v) is 3.15. The number of allylic oxidation sites excluding steroid dienone is 1. The standard InChI is InChI=1S/C5H7P/c1-2-3-5-4-6-5/h2-3H2,1H3. The second-order valence-electron chi connectivity index (χ2n) is 1.42. The highest BCUT2D eigenvalue weighted by molar-refractivity contribution is 7.52. The zero-order valence-electron chi connectivity index (χ0n) is 3.86. The quantitative estimate of drug-likeness (QED) is 0.463. The van der Waals surface area contributed by atoms with E-state index in [0.717, 1.165) is 0 Å². The van der Waals surface area contributed by atoms with Crippen LogP contribution in [-0.4, -0.2) is 5.45 Å². The molecule has 0 saturated carbocycles. The second-order valence-corrected chi connectivity index (χ2v) is 2.41. The van der Waals surface area contributed by atoms with E-state index >= 15 is 0 Å². The molecule has 1 aliphatic rings. The molecule has 0 atom stereocenters. The molecule has 6 heavy (non-hydrogen) atoms. The highest BCUT2D eigenvalue weighted by atomic mass is 31.1. The van der Waals surface area contributed by atoms with Gasteiger partial charge in [0.15, 0.2) is 0 Å². The highest BCUT2D eigenvalue weighted by Gasteiger charge is 1.95. The lowest BCUT2D eigenvalue weighted by atomic mass is 10.3. The smallest absolute Gasteiger partial charge is 0.0339 e. The minimum Gasteiger partial charge on any atom is -0.0792 e. The Morgan fingerprint density at radius 2 is 2.50 bits per heavy atom. The molecule has 0 spiro atoms. The van der Waals surface area contributed by atoms with Crippen molar-refractivity contribution in [1.29, 1.82) is 0 Å². The highest BCUT2D eigenvalue weighted by Crippen LogP contribution is 2.24. The predicted molar refractivity (Wildman–Crippen MR) is 30.3 cm³/mol. The average Bonchev–Trinajstić information content (AvgIpc) is 2.21. The van der Waals surface area contributed by atoms with Gasteiger partial charge in [0, 0.05) is 5.31 Å². The van der Waals surface area contributed by atoms with Crippen molar-refractivity contribution in [3.05, 3.63) is 5.31 Å². The normalized spacial score (nSPS) is 17.2. The van der Waals surface area contributed by atoms with Crippen LogP contribution in [0.3, 0.4) is 0 Å². The molecule has 0 radical (unpaired) electrons. The Balaban J connectivity index is 2.05. The van der Waals surface area contributed by atoms with Crippen molar-refractivity contribution in [2.45, 2.75) is 19.8 Å². The van der Waals surface area contributed by atoms with Crippen LogP contribution in [-0.2, 0) is 0 Å². The molecule has 0 saturated heterocycles. The summed E-state index contributed by atoms with van der Waals surface area (Å²) < 4.78 is 0. The molecule has 1 aliphatic heterocycles. The van der Waals surface area contributed by atoms with Gasteiger partial charge < -0.3 is 0 Å². The van der Waals surface area contributed by atoms with Crippen molar-refractivity contribution in [2.24, 2.45) is 0 Å². The number of hydrogen-bond acceptors (Lipinski definition) is 0. The maximum atomic E-state index is 3.12. The lowest BCUT2D eigenvalue weighted by Gasteiger charge is -1.76. The molecule has 0 nitrogen and oxygen atoms in total. The Labute approximate surface area is 39.7 Å². The molecule has 0 aromatic rings. The van der Waals surface area contributed by atoms with Crippen molar-refractivity contribution in [3.8, 4) is 0 Å². The van der Waals surface area contributed by atoms with E-state index < -0.39 is 0 Å². The van der Waals surface area contributed by atoms with Crippen molar-refractivity contribution < 1.29 is 0 Å². The first kappa shape index (κ1) is 4.12. The molecule has 32 valence electrons. The Morgan fingerprint density at radius 1 is 1.83 bits per heavy atom. The molecular formula is C5H7P. The van der Waals surface area contributed by atoms with Crippen LogP contribution in [0, 0.1) is 0 Å². The maximum absolute atomic E-state index is 3.12. The van der Waals surface area contributed by atoms with Crippen LogP contribution in [0.5, 0.6) is 0 Å². The minimum absolute atomic E-state index is 1.28. The van der Waals surface area contributed by atoms with Gasteiger partial charge >= 0.3 is 0 Å². The first-order chi connectivity index (χ1) is 2.93. The third-order valence-corrected chi connectivity index (χ3v) is 1.52. The Bertz CT molecular complexity index is 107. The van der Waals surface area contributed by atoms with Crippen LogP contribution < -0.4 is 0 Å². The van der Waals surface area contributed by atoms with Crippen LogP contribution in [0.1, 0.15) is 19.8 Å². The molecule has 0 fully saturated rings. The summed E-state index contributed by atoms with van der Waals surface area (Å²) in [6, 6.07) is 0. The first-order valence-electron chi connectivity index (χ1n) is 2.26. The summed E-state index contributed by atoms with van der Waals surface area (Å²) in [6.07, 6.45) is 2.57. The van der Waals surface area contributed by atoms with Gasteiger partial charge in [-0.15, -0.1) is 0 Å². The Kier molecular flexibility index (Phi) is 1.10. The van der Waals surface area contributed by atoms with Gasteiger partial charge in [-0.3, -0.25) is 0 Å². The Morgan fingerprint density at radius 3 is 2.67 bits per heavy atom. The van der Waals surface area contributed by atoms with Crippen LogP contribution in [0.2, 0.25) is 0 Å². The van der Waals surface area contributed by atoms with Gasteiger partial charge in [-0.25, -0.2) is 0 Å². The molecule has 0 bridgehead atoms. The molecule has 0 aromatic heterocycles. The summed E-state index contributed by atoms with van der Waals surface area (Å²) in [5, 5.41) is 1.51. The fourth-order valence-corrected chi connectivity index (χ4v) is 0.914. The number of rotatable bonds is 2. The van der Waals surface area contributed by atoms with Gasteiger partial charge in [-0.1, -0.05) is 18.8 Å². The van der Waals surface area contributed by atoms with Gasteiger partial charge in [0.1, 0.15) is 0 Å². The predicted octanol–water partition coefficient (Wildman–Crippen LogP) is 2.03. The fourth-order valence-electron chi connectivity index (χ4n) is 0.388. The topological polar surface area (TPSA) is 0 Å². The molecule has 0 unspecified atom stereocenters. The Hall–Kier alpha value is -0.0500. The van der Waals surface area contributed by atoms with E-state index in [1.807, 2.05) is 0 Å². The second kappa shape index (κ2) is 1.60. The van der Waals surface area contributed by atoms with Crippen molar-refractivity contribution in [2.75, 3.05) is 0 Å². The van der Waals surface area contributed by atoms with E-state index in [0.29, 0.717) is 0 Å². The van der Waals surface area contributed by atoms with E-state index in [4.69, 9.17) is 0 Å². The van der Waals surface area contributed by atoms with E-state index in [-0.39, 0.29) is 0 Å². The summed E-state index contributed by atoms with van der Waals surface area (Å²) in [5.74, 6) is 0. The van der Waals surface area contributed by atoms with E-state index in [2.05, 4.69) is 12.4 Å². The van der Waals surface area contributed by atoms with E-state index in [1.165, 1.54) is 26.4 Å². The molecule has 0 amide bonds. The molecule has 0 aliphatic carbocycles. The monoisotopic (exact) mass is 98.0 g/mol. The lowest BCUT2D eigenvalue weighted by Crippen LogP contribution is -1.58. The molecule has 1 rings (SSSR count). The lowest BCUT2D eigenvalue weighted by molar-refractivity contribution is 0.957. The van der Waals surface area contributed by atoms with Crippen molar-refractivity contribution in [1.82, 2.24) is 0 Å². The van der Waals surface area contributed by atoms with Gasteiger partial charge in [-0.05, 0) is 14.6 Å². The molecule has 0 aromatic carbocycles. The summed E-state index contributed by atoms with van der Waals surface area (Å²) in [5.41, 5.74) is 3.12. The van der Waals surface area contributed by atoms with Gasteiger partial charge in [0.05, 0.1) is 0 Å². The molecule has 1 heterocycles. The molecular weight excluding hydrogens is 91.0 g/mol.